The molecule has 0 heterocycles. The van der Waals surface area contributed by atoms with Gasteiger partial charge in [-0.05, 0) is 18.4 Å². The quantitative estimate of drug-likeness (QED) is 0.586. The van der Waals surface area contributed by atoms with Crippen molar-refractivity contribution in [3.05, 3.63) is 39.9 Å². The minimum absolute atomic E-state index is 0.00154. The molecule has 0 bridgehead atoms. The highest BCUT2D eigenvalue weighted by atomic mass is 32.2. The number of non-ortho nitro benzene ring substituents is 1. The average molecular weight is 299 g/mol. The molecule has 1 aromatic carbocycles. The average Bonchev–Trinajstić information content (AvgIpc) is 3.20. The number of hydrogen-bond donors (Lipinski definition) is 0. The molecule has 1 aromatic rings. The van der Waals surface area contributed by atoms with E-state index in [2.05, 4.69) is 0 Å². The largest absolute Gasteiger partial charge is 0.282 e. The normalized spacial score (nSPS) is 15.8. The van der Waals surface area contributed by atoms with Crippen molar-refractivity contribution in [2.24, 2.45) is 0 Å². The van der Waals surface area contributed by atoms with Crippen molar-refractivity contribution in [2.45, 2.75) is 25.4 Å². The lowest BCUT2D eigenvalue weighted by molar-refractivity contribution is -0.384. The van der Waals surface area contributed by atoms with Crippen molar-refractivity contribution in [1.82, 2.24) is 8.61 Å². The Kier molecular flexibility index (Phi) is 4.07. The van der Waals surface area contributed by atoms with E-state index < -0.39 is 15.1 Å². The van der Waals surface area contributed by atoms with Crippen LogP contribution in [-0.4, -0.2) is 42.1 Å². The molecule has 0 aliphatic heterocycles. The Morgan fingerprint density at radius 2 is 2.00 bits per heavy atom. The molecule has 0 unspecified atom stereocenters. The Hall–Kier alpha value is -1.51. The van der Waals surface area contributed by atoms with Crippen LogP contribution in [0, 0.1) is 10.1 Å². The van der Waals surface area contributed by atoms with Gasteiger partial charge in [0.1, 0.15) is 0 Å². The number of nitrogens with zero attached hydrogens (tertiary/aromatic N) is 3. The number of rotatable bonds is 6. The van der Waals surface area contributed by atoms with Crippen LogP contribution in [0.1, 0.15) is 18.4 Å². The topological polar surface area (TPSA) is 83.8 Å². The molecule has 0 N–H and O–H groups in total. The molecule has 0 amide bonds. The fourth-order valence-corrected chi connectivity index (χ4v) is 3.24. The number of nitro groups is 1. The minimum atomic E-state index is -3.51. The van der Waals surface area contributed by atoms with Crippen LogP contribution in [0.5, 0.6) is 0 Å². The minimum Gasteiger partial charge on any atom is -0.258 e. The molecule has 1 saturated carbocycles. The predicted octanol–water partition coefficient (Wildman–Crippen LogP) is 1.37. The zero-order chi connectivity index (χ0) is 14.9. The third-order valence-electron chi connectivity index (χ3n) is 3.17. The maximum Gasteiger partial charge on any atom is 0.282 e. The zero-order valence-corrected chi connectivity index (χ0v) is 12.2. The van der Waals surface area contributed by atoms with E-state index in [0.717, 1.165) is 12.8 Å². The van der Waals surface area contributed by atoms with Crippen LogP contribution in [0.2, 0.25) is 0 Å². The first-order valence-electron chi connectivity index (χ1n) is 6.25. The Morgan fingerprint density at radius 3 is 2.50 bits per heavy atom. The maximum absolute atomic E-state index is 12.3. The summed E-state index contributed by atoms with van der Waals surface area (Å²) in [6, 6.07) is 6.09. The van der Waals surface area contributed by atoms with Crippen LogP contribution < -0.4 is 0 Å². The molecule has 1 aliphatic rings. The van der Waals surface area contributed by atoms with Gasteiger partial charge in [-0.3, -0.25) is 10.1 Å². The molecule has 1 fully saturated rings. The molecular formula is C12H17N3O4S. The van der Waals surface area contributed by atoms with Gasteiger partial charge in [-0.2, -0.15) is 17.0 Å². The van der Waals surface area contributed by atoms with Gasteiger partial charge in [0.05, 0.1) is 4.92 Å². The highest BCUT2D eigenvalue weighted by Crippen LogP contribution is 2.31. The van der Waals surface area contributed by atoms with Gasteiger partial charge in [0.15, 0.2) is 0 Å². The van der Waals surface area contributed by atoms with E-state index in [9.17, 15) is 18.5 Å². The zero-order valence-electron chi connectivity index (χ0n) is 11.4. The number of benzene rings is 1. The summed E-state index contributed by atoms with van der Waals surface area (Å²) in [5.41, 5.74) is 0.594. The Labute approximate surface area is 118 Å². The second-order valence-corrected chi connectivity index (χ2v) is 7.09. The molecule has 0 saturated heterocycles. The van der Waals surface area contributed by atoms with Crippen molar-refractivity contribution in [3.8, 4) is 0 Å². The van der Waals surface area contributed by atoms with E-state index >= 15 is 0 Å². The molecule has 0 spiro atoms. The molecule has 2 rings (SSSR count). The van der Waals surface area contributed by atoms with E-state index in [1.807, 2.05) is 0 Å². The second-order valence-electron chi connectivity index (χ2n) is 4.99. The van der Waals surface area contributed by atoms with Crippen molar-refractivity contribution >= 4 is 15.9 Å². The highest BCUT2D eigenvalue weighted by molar-refractivity contribution is 7.86. The number of hydrogen-bond acceptors (Lipinski definition) is 4. The summed E-state index contributed by atoms with van der Waals surface area (Å²) >= 11 is 0. The van der Waals surface area contributed by atoms with Gasteiger partial charge in [0.25, 0.3) is 15.9 Å². The van der Waals surface area contributed by atoms with Crippen LogP contribution >= 0.6 is 0 Å². The second kappa shape index (κ2) is 5.47. The molecular weight excluding hydrogens is 282 g/mol. The van der Waals surface area contributed by atoms with Gasteiger partial charge in [-0.15, -0.1) is 0 Å². The maximum atomic E-state index is 12.3. The number of nitro benzene ring substituents is 1. The van der Waals surface area contributed by atoms with E-state index in [-0.39, 0.29) is 18.3 Å². The molecule has 110 valence electrons. The third-order valence-corrected chi connectivity index (χ3v) is 5.11. The van der Waals surface area contributed by atoms with Gasteiger partial charge >= 0.3 is 0 Å². The fraction of sp³-hybridized carbons (Fsp3) is 0.500. The summed E-state index contributed by atoms with van der Waals surface area (Å²) in [4.78, 5) is 10.3. The first-order chi connectivity index (χ1) is 9.32. The van der Waals surface area contributed by atoms with Gasteiger partial charge in [0, 0.05) is 38.8 Å². The summed E-state index contributed by atoms with van der Waals surface area (Å²) < 4.78 is 27.1. The van der Waals surface area contributed by atoms with Crippen LogP contribution in [0.25, 0.3) is 0 Å². The third kappa shape index (κ3) is 3.14. The first-order valence-corrected chi connectivity index (χ1v) is 7.64. The highest BCUT2D eigenvalue weighted by Gasteiger charge is 2.38. The van der Waals surface area contributed by atoms with E-state index in [4.69, 9.17) is 0 Å². The summed E-state index contributed by atoms with van der Waals surface area (Å²) in [6.45, 7) is 0.160. The van der Waals surface area contributed by atoms with Crippen molar-refractivity contribution < 1.29 is 13.3 Å². The van der Waals surface area contributed by atoms with Gasteiger partial charge in [-0.1, -0.05) is 12.1 Å². The van der Waals surface area contributed by atoms with Gasteiger partial charge in [0.2, 0.25) is 0 Å². The van der Waals surface area contributed by atoms with Crippen LogP contribution in [0.15, 0.2) is 24.3 Å². The van der Waals surface area contributed by atoms with Crippen LogP contribution in [-0.2, 0) is 16.8 Å². The Balaban J connectivity index is 2.25. The molecule has 20 heavy (non-hydrogen) atoms. The molecule has 0 atom stereocenters. The van der Waals surface area contributed by atoms with E-state index in [1.54, 1.807) is 12.1 Å². The molecule has 0 aromatic heterocycles. The first kappa shape index (κ1) is 14.9. The lowest BCUT2D eigenvalue weighted by Crippen LogP contribution is -2.40. The molecule has 0 radical (unpaired) electrons. The van der Waals surface area contributed by atoms with Crippen LogP contribution in [0.3, 0.4) is 0 Å². The van der Waals surface area contributed by atoms with Crippen molar-refractivity contribution in [2.75, 3.05) is 14.1 Å². The van der Waals surface area contributed by atoms with Crippen molar-refractivity contribution in [3.63, 3.8) is 0 Å². The van der Waals surface area contributed by atoms with Crippen LogP contribution in [0.4, 0.5) is 5.69 Å². The van der Waals surface area contributed by atoms with E-state index in [1.165, 1.54) is 34.8 Å². The summed E-state index contributed by atoms with van der Waals surface area (Å²) in [5.74, 6) is 0. The molecule has 7 nitrogen and oxygen atoms in total. The SMILES string of the molecule is CN(C)S(=O)(=O)N(Cc1cccc([N+](=O)[O-])c1)C1CC1. The van der Waals surface area contributed by atoms with Gasteiger partial charge < -0.3 is 0 Å². The Bertz CT molecular complexity index is 611. The summed E-state index contributed by atoms with van der Waals surface area (Å²) in [6.07, 6.45) is 1.67. The summed E-state index contributed by atoms with van der Waals surface area (Å²) in [7, 11) is -0.542. The van der Waals surface area contributed by atoms with Gasteiger partial charge in [-0.25, -0.2) is 0 Å². The van der Waals surface area contributed by atoms with Crippen molar-refractivity contribution in [1.29, 1.82) is 0 Å². The predicted molar refractivity (Wildman–Crippen MR) is 74.3 cm³/mol. The smallest absolute Gasteiger partial charge is 0.258 e. The lowest BCUT2D eigenvalue weighted by atomic mass is 10.2. The Morgan fingerprint density at radius 1 is 1.35 bits per heavy atom. The standard InChI is InChI=1S/C12H17N3O4S/c1-13(2)20(18,19)14(11-6-7-11)9-10-4-3-5-12(8-10)15(16)17/h3-5,8,11H,6-7,9H2,1-2H3. The molecule has 8 heteroatoms. The monoisotopic (exact) mass is 299 g/mol. The van der Waals surface area contributed by atoms with E-state index in [0.29, 0.717) is 5.56 Å². The summed E-state index contributed by atoms with van der Waals surface area (Å²) in [5, 5.41) is 10.8. The fourth-order valence-electron chi connectivity index (χ4n) is 1.92. The lowest BCUT2D eigenvalue weighted by Gasteiger charge is -2.25. The molecule has 1 aliphatic carbocycles.